The first-order valence-electron chi connectivity index (χ1n) is 5.07. The Bertz CT molecular complexity index is 593. The molecule has 0 radical (unpaired) electrons. The van der Waals surface area contributed by atoms with Crippen molar-refractivity contribution in [1.82, 2.24) is 9.55 Å². The molecule has 1 aromatic carbocycles. The number of non-ortho nitro benzene ring substituents is 1. The number of hydrogen-bond acceptors (Lipinski definition) is 4. The molecule has 0 bridgehead atoms. The maximum absolute atomic E-state index is 10.5. The number of imidazole rings is 1. The molecule has 0 aliphatic heterocycles. The van der Waals surface area contributed by atoms with E-state index >= 15 is 0 Å². The Hall–Kier alpha value is -1.73. The fourth-order valence-corrected chi connectivity index (χ4v) is 1.91. The average Bonchev–Trinajstić information content (AvgIpc) is 2.78. The normalized spacial score (nSPS) is 10.3. The summed E-state index contributed by atoms with van der Waals surface area (Å²) in [6.45, 7) is 0. The first-order chi connectivity index (χ1) is 8.58. The summed E-state index contributed by atoms with van der Waals surface area (Å²) < 4.78 is 2.12. The number of aromatic nitrogens is 2. The second-order valence-electron chi connectivity index (χ2n) is 3.60. The molecule has 0 aliphatic rings. The summed E-state index contributed by atoms with van der Waals surface area (Å²) in [4.78, 5) is 14.3. The van der Waals surface area contributed by atoms with Crippen molar-refractivity contribution in [3.63, 3.8) is 0 Å². The van der Waals surface area contributed by atoms with Crippen LogP contribution in [-0.2, 0) is 6.42 Å². The van der Waals surface area contributed by atoms with Crippen LogP contribution < -0.4 is 0 Å². The van der Waals surface area contributed by atoms with Gasteiger partial charge in [-0.2, -0.15) is 0 Å². The second-order valence-corrected chi connectivity index (χ2v) is 4.71. The van der Waals surface area contributed by atoms with E-state index in [0.717, 1.165) is 11.4 Å². The van der Waals surface area contributed by atoms with Crippen LogP contribution in [0.1, 0.15) is 11.4 Å². The summed E-state index contributed by atoms with van der Waals surface area (Å²) in [5.74, 6) is 0.754. The van der Waals surface area contributed by atoms with Crippen molar-refractivity contribution in [3.05, 3.63) is 58.2 Å². The van der Waals surface area contributed by atoms with Gasteiger partial charge in [0.05, 0.1) is 4.92 Å². The second kappa shape index (κ2) is 5.28. The van der Waals surface area contributed by atoms with Crippen LogP contribution in [0.4, 0.5) is 5.69 Å². The van der Waals surface area contributed by atoms with Gasteiger partial charge in [0.15, 0.2) is 0 Å². The predicted octanol–water partition coefficient (Wildman–Crippen LogP) is 2.44. The van der Waals surface area contributed by atoms with Crippen molar-refractivity contribution < 1.29 is 4.92 Å². The maximum Gasteiger partial charge on any atom is 0.269 e. The van der Waals surface area contributed by atoms with Crippen LogP contribution in [-0.4, -0.2) is 18.8 Å². The van der Waals surface area contributed by atoms with Gasteiger partial charge in [-0.1, -0.05) is 24.4 Å². The Morgan fingerprint density at radius 1 is 1.44 bits per heavy atom. The number of nitro benzene ring substituents is 1. The van der Waals surface area contributed by atoms with Gasteiger partial charge in [0, 0.05) is 30.9 Å². The Morgan fingerprint density at radius 3 is 2.67 bits per heavy atom. The van der Waals surface area contributed by atoms with E-state index in [1.807, 2.05) is 0 Å². The zero-order chi connectivity index (χ0) is 13.1. The molecule has 0 atom stereocenters. The molecular formula is C11H9N3O2S2. The van der Waals surface area contributed by atoms with Crippen molar-refractivity contribution in [1.29, 1.82) is 0 Å². The Balaban J connectivity index is 2.21. The largest absolute Gasteiger partial charge is 0.289 e. The molecule has 1 heterocycles. The third-order valence-corrected chi connectivity index (χ3v) is 2.85. The molecule has 5 nitrogen and oxygen atoms in total. The molecular weight excluding hydrogens is 270 g/mol. The summed E-state index contributed by atoms with van der Waals surface area (Å²) >= 11 is 9.07. The standard InChI is InChI=1S/C11H9N3O2S2/c15-14(16)9-3-1-8(2-4-9)7-10-12-5-6-13(10)11(17)18/h1-6H,7H2,(H,17,18). The Morgan fingerprint density at radius 2 is 2.11 bits per heavy atom. The van der Waals surface area contributed by atoms with E-state index in [9.17, 15) is 10.1 Å². The number of thiol groups is 1. The maximum atomic E-state index is 10.5. The minimum absolute atomic E-state index is 0.0757. The molecule has 18 heavy (non-hydrogen) atoms. The monoisotopic (exact) mass is 279 g/mol. The van der Waals surface area contributed by atoms with Gasteiger partial charge in [-0.25, -0.2) is 4.98 Å². The van der Waals surface area contributed by atoms with Crippen molar-refractivity contribution in [2.24, 2.45) is 0 Å². The van der Waals surface area contributed by atoms with Crippen LogP contribution in [0.3, 0.4) is 0 Å². The lowest BCUT2D eigenvalue weighted by molar-refractivity contribution is -0.384. The van der Waals surface area contributed by atoms with Gasteiger partial charge in [-0.15, -0.1) is 12.6 Å². The molecule has 0 saturated heterocycles. The molecule has 0 amide bonds. The van der Waals surface area contributed by atoms with Crippen LogP contribution in [0.15, 0.2) is 36.7 Å². The van der Waals surface area contributed by atoms with Crippen molar-refractivity contribution in [2.75, 3.05) is 0 Å². The van der Waals surface area contributed by atoms with E-state index in [1.54, 1.807) is 29.1 Å². The lowest BCUT2D eigenvalue weighted by Gasteiger charge is -2.04. The molecule has 7 heteroatoms. The fraction of sp³-hybridized carbons (Fsp3) is 0.0909. The lowest BCUT2D eigenvalue weighted by Crippen LogP contribution is -2.06. The number of rotatable bonds is 3. The topological polar surface area (TPSA) is 61.0 Å². The number of benzene rings is 1. The summed E-state index contributed by atoms with van der Waals surface area (Å²) in [5, 5.41) is 10.5. The summed E-state index contributed by atoms with van der Waals surface area (Å²) in [7, 11) is 0. The van der Waals surface area contributed by atoms with Crippen molar-refractivity contribution >= 4 is 34.9 Å². The highest BCUT2D eigenvalue weighted by molar-refractivity contribution is 8.11. The smallest absolute Gasteiger partial charge is 0.269 e. The zero-order valence-corrected chi connectivity index (χ0v) is 10.9. The zero-order valence-electron chi connectivity index (χ0n) is 9.18. The molecule has 0 saturated carbocycles. The van der Waals surface area contributed by atoms with Gasteiger partial charge < -0.3 is 0 Å². The van der Waals surface area contributed by atoms with Gasteiger partial charge in [-0.05, 0) is 5.56 Å². The quantitative estimate of drug-likeness (QED) is 0.406. The van der Waals surface area contributed by atoms with E-state index < -0.39 is 4.92 Å². The molecule has 0 spiro atoms. The van der Waals surface area contributed by atoms with E-state index in [1.165, 1.54) is 12.1 Å². The highest BCUT2D eigenvalue weighted by atomic mass is 32.1. The highest BCUT2D eigenvalue weighted by Gasteiger charge is 2.08. The summed E-state index contributed by atoms with van der Waals surface area (Å²) in [5.41, 5.74) is 1.00. The summed E-state index contributed by atoms with van der Waals surface area (Å²) in [6, 6.07) is 6.36. The molecule has 1 aromatic heterocycles. The Kier molecular flexibility index (Phi) is 3.73. The number of hydrogen-bond donors (Lipinski definition) is 1. The molecule has 0 N–H and O–H groups in total. The SMILES string of the molecule is O=[N+]([O-])c1ccc(Cc2nccn2C(=S)S)cc1. The van der Waals surface area contributed by atoms with Gasteiger partial charge >= 0.3 is 0 Å². The van der Waals surface area contributed by atoms with E-state index in [-0.39, 0.29) is 5.69 Å². The average molecular weight is 279 g/mol. The lowest BCUT2D eigenvalue weighted by atomic mass is 10.1. The third-order valence-electron chi connectivity index (χ3n) is 2.43. The van der Waals surface area contributed by atoms with E-state index in [2.05, 4.69) is 17.6 Å². The first-order valence-corrected chi connectivity index (χ1v) is 5.92. The molecule has 0 fully saturated rings. The van der Waals surface area contributed by atoms with Crippen LogP contribution in [0, 0.1) is 10.1 Å². The molecule has 0 unspecified atom stereocenters. The van der Waals surface area contributed by atoms with Gasteiger partial charge in [-0.3, -0.25) is 14.7 Å². The van der Waals surface area contributed by atoms with Crippen LogP contribution >= 0.6 is 24.8 Å². The predicted molar refractivity (Wildman–Crippen MR) is 75.1 cm³/mol. The highest BCUT2D eigenvalue weighted by Crippen LogP contribution is 2.14. The minimum Gasteiger partial charge on any atom is -0.289 e. The van der Waals surface area contributed by atoms with E-state index in [0.29, 0.717) is 10.7 Å². The van der Waals surface area contributed by atoms with Gasteiger partial charge in [0.1, 0.15) is 10.1 Å². The molecule has 2 aromatic rings. The van der Waals surface area contributed by atoms with Crippen LogP contribution in [0.2, 0.25) is 0 Å². The minimum atomic E-state index is -0.423. The van der Waals surface area contributed by atoms with Crippen molar-refractivity contribution in [2.45, 2.75) is 6.42 Å². The third kappa shape index (κ3) is 2.74. The van der Waals surface area contributed by atoms with Crippen LogP contribution in [0.25, 0.3) is 0 Å². The Labute approximate surface area is 114 Å². The van der Waals surface area contributed by atoms with Gasteiger partial charge in [0.2, 0.25) is 0 Å². The number of thiocarbonyl (C=S) groups is 1. The van der Waals surface area contributed by atoms with Crippen molar-refractivity contribution in [3.8, 4) is 0 Å². The summed E-state index contributed by atoms with van der Waals surface area (Å²) in [6.07, 6.45) is 3.92. The fourth-order valence-electron chi connectivity index (χ4n) is 1.56. The van der Waals surface area contributed by atoms with Crippen LogP contribution in [0.5, 0.6) is 0 Å². The number of nitrogens with zero attached hydrogens (tertiary/aromatic N) is 3. The van der Waals surface area contributed by atoms with E-state index in [4.69, 9.17) is 12.2 Å². The first kappa shape index (κ1) is 12.7. The number of nitro groups is 1. The molecule has 92 valence electrons. The van der Waals surface area contributed by atoms with Gasteiger partial charge in [0.25, 0.3) is 5.69 Å². The molecule has 2 rings (SSSR count). The molecule has 0 aliphatic carbocycles.